The molecule has 0 aliphatic carbocycles. The lowest BCUT2D eigenvalue weighted by atomic mass is 10.0. The summed E-state index contributed by atoms with van der Waals surface area (Å²) in [6.45, 7) is 2.07. The molecule has 18 heavy (non-hydrogen) atoms. The molecule has 0 amide bonds. The molecule has 1 aromatic rings. The molecular weight excluding hydrogens is 294 g/mol. The van der Waals surface area contributed by atoms with Crippen molar-refractivity contribution in [3.63, 3.8) is 0 Å². The average Bonchev–Trinajstić information content (AvgIpc) is 2.36. The zero-order valence-electron chi connectivity index (χ0n) is 11.3. The maximum absolute atomic E-state index is 6.13. The summed E-state index contributed by atoms with van der Waals surface area (Å²) in [7, 11) is 3.40. The molecule has 1 aromatic carbocycles. The van der Waals surface area contributed by atoms with Gasteiger partial charge in [0, 0.05) is 13.2 Å². The lowest BCUT2D eigenvalue weighted by molar-refractivity contribution is 0.107. The van der Waals surface area contributed by atoms with Gasteiger partial charge >= 0.3 is 0 Å². The number of ether oxygens (including phenoxy) is 2. The quantitative estimate of drug-likeness (QED) is 0.840. The van der Waals surface area contributed by atoms with Crippen molar-refractivity contribution in [2.75, 3.05) is 14.2 Å². The Kier molecular flexibility index (Phi) is 6.68. The van der Waals surface area contributed by atoms with Gasteiger partial charge in [0.1, 0.15) is 5.75 Å². The van der Waals surface area contributed by atoms with Gasteiger partial charge in [0.2, 0.25) is 0 Å². The molecule has 3 nitrogen and oxygen atoms in total. The van der Waals surface area contributed by atoms with E-state index in [1.54, 1.807) is 14.2 Å². The number of benzene rings is 1. The molecule has 0 aliphatic heterocycles. The Morgan fingerprint density at radius 2 is 2.00 bits per heavy atom. The van der Waals surface area contributed by atoms with Gasteiger partial charge < -0.3 is 15.2 Å². The van der Waals surface area contributed by atoms with Crippen molar-refractivity contribution in [1.29, 1.82) is 0 Å². The van der Waals surface area contributed by atoms with E-state index in [4.69, 9.17) is 15.2 Å². The molecule has 0 bridgehead atoms. The highest BCUT2D eigenvalue weighted by Crippen LogP contribution is 2.26. The van der Waals surface area contributed by atoms with Crippen LogP contribution >= 0.6 is 15.9 Å². The Bertz CT molecular complexity index is 371. The molecule has 2 N–H and O–H groups in total. The second-order valence-corrected chi connectivity index (χ2v) is 5.41. The van der Waals surface area contributed by atoms with Crippen LogP contribution in [0.4, 0.5) is 0 Å². The first kappa shape index (κ1) is 15.5. The van der Waals surface area contributed by atoms with Crippen LogP contribution in [0.3, 0.4) is 0 Å². The highest BCUT2D eigenvalue weighted by molar-refractivity contribution is 9.10. The van der Waals surface area contributed by atoms with E-state index in [1.807, 2.05) is 6.07 Å². The largest absolute Gasteiger partial charge is 0.496 e. The third-order valence-corrected chi connectivity index (χ3v) is 3.68. The molecule has 1 rings (SSSR count). The van der Waals surface area contributed by atoms with Crippen LogP contribution in [0, 0.1) is 0 Å². The predicted octanol–water partition coefficient (Wildman–Crippen LogP) is 3.14. The van der Waals surface area contributed by atoms with E-state index in [2.05, 4.69) is 35.0 Å². The molecule has 2 atom stereocenters. The lowest BCUT2D eigenvalue weighted by Gasteiger charge is -2.15. The van der Waals surface area contributed by atoms with E-state index in [0.29, 0.717) is 0 Å². The van der Waals surface area contributed by atoms with Gasteiger partial charge in [0.05, 0.1) is 17.7 Å². The molecule has 0 aromatic heterocycles. The molecule has 2 unspecified atom stereocenters. The fraction of sp³-hybridized carbons (Fsp3) is 0.571. The van der Waals surface area contributed by atoms with Gasteiger partial charge in [-0.1, -0.05) is 6.07 Å². The monoisotopic (exact) mass is 315 g/mol. The smallest absolute Gasteiger partial charge is 0.133 e. The molecule has 0 spiro atoms. The first-order valence-electron chi connectivity index (χ1n) is 6.17. The molecule has 0 radical (unpaired) electrons. The summed E-state index contributed by atoms with van der Waals surface area (Å²) in [5, 5.41) is 0. The fourth-order valence-corrected chi connectivity index (χ4v) is 2.40. The van der Waals surface area contributed by atoms with Crippen molar-refractivity contribution in [3.8, 4) is 5.75 Å². The summed E-state index contributed by atoms with van der Waals surface area (Å²) in [5.41, 5.74) is 7.35. The zero-order chi connectivity index (χ0) is 13.5. The molecule has 0 aliphatic rings. The van der Waals surface area contributed by atoms with Gasteiger partial charge in [0.15, 0.2) is 0 Å². The first-order valence-corrected chi connectivity index (χ1v) is 6.97. The molecule has 4 heteroatoms. The number of nitrogens with two attached hydrogens (primary N) is 1. The van der Waals surface area contributed by atoms with Crippen molar-refractivity contribution >= 4 is 15.9 Å². The van der Waals surface area contributed by atoms with Gasteiger partial charge in [0.25, 0.3) is 0 Å². The Morgan fingerprint density at radius 1 is 1.28 bits per heavy atom. The Balaban J connectivity index is 2.49. The Morgan fingerprint density at radius 3 is 2.56 bits per heavy atom. The third-order valence-electron chi connectivity index (χ3n) is 3.06. The van der Waals surface area contributed by atoms with E-state index in [1.165, 1.54) is 5.56 Å². The lowest BCUT2D eigenvalue weighted by Crippen LogP contribution is -2.24. The second-order valence-electron chi connectivity index (χ2n) is 4.56. The number of methoxy groups -OCH3 is 2. The van der Waals surface area contributed by atoms with Gasteiger partial charge in [-0.2, -0.15) is 0 Å². The van der Waals surface area contributed by atoms with Crippen molar-refractivity contribution in [2.24, 2.45) is 5.73 Å². The molecular formula is C14H22BrNO2. The summed E-state index contributed by atoms with van der Waals surface area (Å²) in [6, 6.07) is 6.26. The van der Waals surface area contributed by atoms with Crippen LogP contribution in [0.1, 0.15) is 25.3 Å². The van der Waals surface area contributed by atoms with Crippen molar-refractivity contribution < 1.29 is 9.47 Å². The molecule has 0 saturated heterocycles. The van der Waals surface area contributed by atoms with Crippen LogP contribution in [-0.2, 0) is 11.2 Å². The normalized spacial score (nSPS) is 14.3. The topological polar surface area (TPSA) is 44.5 Å². The average molecular weight is 316 g/mol. The standard InChI is InChI=1S/C14H22BrNO2/c1-10(17-2)4-6-12(16)8-11-5-7-14(18-3)13(15)9-11/h5,7,9-10,12H,4,6,8,16H2,1-3H3. The summed E-state index contributed by atoms with van der Waals surface area (Å²) in [5.74, 6) is 0.848. The van der Waals surface area contributed by atoms with Crippen LogP contribution in [0.2, 0.25) is 0 Å². The van der Waals surface area contributed by atoms with Crippen LogP contribution < -0.4 is 10.5 Å². The van der Waals surface area contributed by atoms with Crippen LogP contribution in [-0.4, -0.2) is 26.4 Å². The van der Waals surface area contributed by atoms with E-state index in [9.17, 15) is 0 Å². The maximum Gasteiger partial charge on any atom is 0.133 e. The van der Waals surface area contributed by atoms with Gasteiger partial charge in [-0.3, -0.25) is 0 Å². The van der Waals surface area contributed by atoms with E-state index < -0.39 is 0 Å². The maximum atomic E-state index is 6.13. The second kappa shape index (κ2) is 7.77. The number of hydrogen-bond donors (Lipinski definition) is 1. The minimum Gasteiger partial charge on any atom is -0.496 e. The Hall–Kier alpha value is -0.580. The van der Waals surface area contributed by atoms with Crippen LogP contribution in [0.15, 0.2) is 22.7 Å². The van der Waals surface area contributed by atoms with Gasteiger partial charge in [-0.25, -0.2) is 0 Å². The third kappa shape index (κ3) is 4.96. The van der Waals surface area contributed by atoms with Crippen molar-refractivity contribution in [1.82, 2.24) is 0 Å². The highest BCUT2D eigenvalue weighted by atomic mass is 79.9. The molecule has 102 valence electrons. The van der Waals surface area contributed by atoms with E-state index >= 15 is 0 Å². The predicted molar refractivity (Wildman–Crippen MR) is 78.1 cm³/mol. The number of hydrogen-bond acceptors (Lipinski definition) is 3. The molecule has 0 heterocycles. The van der Waals surface area contributed by atoms with Gasteiger partial charge in [-0.05, 0) is 59.8 Å². The van der Waals surface area contributed by atoms with Crippen molar-refractivity contribution in [3.05, 3.63) is 28.2 Å². The summed E-state index contributed by atoms with van der Waals surface area (Å²) in [6.07, 6.45) is 3.12. The number of rotatable bonds is 7. The Labute approximate surface area is 118 Å². The minimum atomic E-state index is 0.169. The minimum absolute atomic E-state index is 0.169. The number of halogens is 1. The van der Waals surface area contributed by atoms with Gasteiger partial charge in [-0.15, -0.1) is 0 Å². The molecule has 0 fully saturated rings. The summed E-state index contributed by atoms with van der Waals surface area (Å²) in [4.78, 5) is 0. The van der Waals surface area contributed by atoms with Crippen LogP contribution in [0.5, 0.6) is 5.75 Å². The summed E-state index contributed by atoms with van der Waals surface area (Å²) < 4.78 is 11.4. The highest BCUT2D eigenvalue weighted by Gasteiger charge is 2.09. The summed E-state index contributed by atoms with van der Waals surface area (Å²) >= 11 is 3.48. The van der Waals surface area contributed by atoms with E-state index in [0.717, 1.165) is 29.5 Å². The molecule has 0 saturated carbocycles. The van der Waals surface area contributed by atoms with Crippen molar-refractivity contribution in [2.45, 2.75) is 38.3 Å². The fourth-order valence-electron chi connectivity index (χ4n) is 1.81. The first-order chi connectivity index (χ1) is 8.56. The SMILES string of the molecule is COc1ccc(CC(N)CCC(C)OC)cc1Br. The van der Waals surface area contributed by atoms with Crippen LogP contribution in [0.25, 0.3) is 0 Å². The van der Waals surface area contributed by atoms with E-state index in [-0.39, 0.29) is 12.1 Å². The zero-order valence-corrected chi connectivity index (χ0v) is 12.9.